The molecule has 0 spiro atoms. The molecule has 1 saturated heterocycles. The Kier molecular flexibility index (Phi) is 4.59. The molecule has 1 N–H and O–H groups in total. The predicted molar refractivity (Wildman–Crippen MR) is 76.6 cm³/mol. The Morgan fingerprint density at radius 1 is 1.32 bits per heavy atom. The largest absolute Gasteiger partial charge is 0.465 e. The molecule has 0 aromatic heterocycles. The summed E-state index contributed by atoms with van der Waals surface area (Å²) in [5.41, 5.74) is 4.20. The molecule has 19 heavy (non-hydrogen) atoms. The topological polar surface area (TPSA) is 38.3 Å². The summed E-state index contributed by atoms with van der Waals surface area (Å²) < 4.78 is 4.85. The van der Waals surface area contributed by atoms with E-state index >= 15 is 0 Å². The van der Waals surface area contributed by atoms with Gasteiger partial charge in [0.25, 0.3) is 0 Å². The number of hydrogen-bond donors (Lipinski definition) is 1. The lowest BCUT2D eigenvalue weighted by atomic mass is 9.92. The number of piperidine rings is 1. The number of carbonyl (C=O) groups is 1. The van der Waals surface area contributed by atoms with Crippen molar-refractivity contribution in [2.24, 2.45) is 0 Å². The highest BCUT2D eigenvalue weighted by molar-refractivity contribution is 5.91. The Balaban J connectivity index is 2.21. The maximum atomic E-state index is 11.8. The van der Waals surface area contributed by atoms with Gasteiger partial charge >= 0.3 is 5.97 Å². The maximum absolute atomic E-state index is 11.8. The first kappa shape index (κ1) is 14.1. The van der Waals surface area contributed by atoms with Crippen molar-refractivity contribution < 1.29 is 9.53 Å². The van der Waals surface area contributed by atoms with Gasteiger partial charge in [0.1, 0.15) is 0 Å². The van der Waals surface area contributed by atoms with Gasteiger partial charge in [0.05, 0.1) is 12.7 Å². The van der Waals surface area contributed by atoms with E-state index in [1.165, 1.54) is 37.5 Å². The standard InChI is InChI=1S/C16H23NO2/c1-11-8-12(2)15(16(18)19-3)10-13(11)9-14-6-4-5-7-17-14/h8,10,14,17H,4-7,9H2,1-3H3. The van der Waals surface area contributed by atoms with Crippen molar-refractivity contribution >= 4 is 5.97 Å². The van der Waals surface area contributed by atoms with Crippen LogP contribution in [0, 0.1) is 13.8 Å². The number of rotatable bonds is 3. The van der Waals surface area contributed by atoms with E-state index in [9.17, 15) is 4.79 Å². The number of nitrogens with one attached hydrogen (secondary N) is 1. The molecule has 2 rings (SSSR count). The third kappa shape index (κ3) is 3.35. The van der Waals surface area contributed by atoms with E-state index in [2.05, 4.69) is 18.3 Å². The molecule has 1 aromatic rings. The molecular formula is C16H23NO2. The van der Waals surface area contributed by atoms with Crippen LogP contribution in [0.2, 0.25) is 0 Å². The van der Waals surface area contributed by atoms with Crippen molar-refractivity contribution in [3.63, 3.8) is 0 Å². The van der Waals surface area contributed by atoms with Crippen LogP contribution in [0.1, 0.15) is 46.3 Å². The number of aryl methyl sites for hydroxylation is 2. The molecule has 1 aromatic carbocycles. The highest BCUT2D eigenvalue weighted by Gasteiger charge is 2.17. The van der Waals surface area contributed by atoms with Gasteiger partial charge in [-0.05, 0) is 62.4 Å². The molecular weight excluding hydrogens is 238 g/mol. The third-order valence-corrected chi connectivity index (χ3v) is 3.97. The Bertz CT molecular complexity index is 462. The second-order valence-electron chi connectivity index (χ2n) is 5.44. The van der Waals surface area contributed by atoms with Crippen LogP contribution in [0.3, 0.4) is 0 Å². The van der Waals surface area contributed by atoms with Gasteiger partial charge in [-0.1, -0.05) is 12.5 Å². The smallest absolute Gasteiger partial charge is 0.338 e. The van der Waals surface area contributed by atoms with Gasteiger partial charge < -0.3 is 10.1 Å². The summed E-state index contributed by atoms with van der Waals surface area (Å²) in [7, 11) is 1.43. The second-order valence-corrected chi connectivity index (χ2v) is 5.44. The van der Waals surface area contributed by atoms with Gasteiger partial charge in [0, 0.05) is 6.04 Å². The lowest BCUT2D eigenvalue weighted by Crippen LogP contribution is -2.35. The molecule has 1 heterocycles. The first-order chi connectivity index (χ1) is 9.11. The molecule has 0 bridgehead atoms. The zero-order valence-corrected chi connectivity index (χ0v) is 12.1. The van der Waals surface area contributed by atoms with E-state index in [1.807, 2.05) is 13.0 Å². The van der Waals surface area contributed by atoms with Crippen LogP contribution in [0.25, 0.3) is 0 Å². The monoisotopic (exact) mass is 261 g/mol. The number of methoxy groups -OCH3 is 1. The Hall–Kier alpha value is -1.35. The van der Waals surface area contributed by atoms with Crippen molar-refractivity contribution in [3.05, 3.63) is 34.4 Å². The number of hydrogen-bond acceptors (Lipinski definition) is 3. The summed E-state index contributed by atoms with van der Waals surface area (Å²) in [6.07, 6.45) is 4.79. The zero-order chi connectivity index (χ0) is 13.8. The van der Waals surface area contributed by atoms with Gasteiger partial charge in [-0.15, -0.1) is 0 Å². The average Bonchev–Trinajstić information content (AvgIpc) is 2.42. The fourth-order valence-corrected chi connectivity index (χ4v) is 2.81. The van der Waals surface area contributed by atoms with Crippen LogP contribution in [0.4, 0.5) is 0 Å². The van der Waals surface area contributed by atoms with Crippen LogP contribution >= 0.6 is 0 Å². The number of ether oxygens (including phenoxy) is 1. The van der Waals surface area contributed by atoms with E-state index in [0.717, 1.165) is 18.5 Å². The van der Waals surface area contributed by atoms with Crippen molar-refractivity contribution in [3.8, 4) is 0 Å². The van der Waals surface area contributed by atoms with Gasteiger partial charge in [0.15, 0.2) is 0 Å². The first-order valence-electron chi connectivity index (χ1n) is 7.03. The molecule has 1 aliphatic heterocycles. The Morgan fingerprint density at radius 3 is 2.74 bits per heavy atom. The lowest BCUT2D eigenvalue weighted by molar-refractivity contribution is 0.0599. The highest BCUT2D eigenvalue weighted by Crippen LogP contribution is 2.20. The van der Waals surface area contributed by atoms with Gasteiger partial charge in [-0.3, -0.25) is 0 Å². The molecule has 0 saturated carbocycles. The van der Waals surface area contributed by atoms with E-state index in [4.69, 9.17) is 4.74 Å². The van der Waals surface area contributed by atoms with Crippen molar-refractivity contribution in [2.75, 3.05) is 13.7 Å². The molecule has 1 atom stereocenters. The average molecular weight is 261 g/mol. The molecule has 3 nitrogen and oxygen atoms in total. The molecule has 1 unspecified atom stereocenters. The predicted octanol–water partition coefficient (Wildman–Crippen LogP) is 2.77. The van der Waals surface area contributed by atoms with Gasteiger partial charge in [0.2, 0.25) is 0 Å². The van der Waals surface area contributed by atoms with Crippen LogP contribution in [0.15, 0.2) is 12.1 Å². The summed E-state index contributed by atoms with van der Waals surface area (Å²) >= 11 is 0. The molecule has 3 heteroatoms. The van der Waals surface area contributed by atoms with E-state index in [1.54, 1.807) is 0 Å². The zero-order valence-electron chi connectivity index (χ0n) is 12.1. The van der Waals surface area contributed by atoms with Crippen molar-refractivity contribution in [2.45, 2.75) is 45.6 Å². The fourth-order valence-electron chi connectivity index (χ4n) is 2.81. The molecule has 1 aliphatic rings. The Morgan fingerprint density at radius 2 is 2.11 bits per heavy atom. The summed E-state index contributed by atoms with van der Waals surface area (Å²) in [6.45, 7) is 5.19. The summed E-state index contributed by atoms with van der Waals surface area (Å²) in [4.78, 5) is 11.8. The van der Waals surface area contributed by atoms with Gasteiger partial charge in [-0.25, -0.2) is 4.79 Å². The van der Waals surface area contributed by atoms with Crippen molar-refractivity contribution in [1.82, 2.24) is 5.32 Å². The normalized spacial score (nSPS) is 19.2. The van der Waals surface area contributed by atoms with Crippen molar-refractivity contribution in [1.29, 1.82) is 0 Å². The summed E-state index contributed by atoms with van der Waals surface area (Å²) in [5.74, 6) is -0.240. The van der Waals surface area contributed by atoms with Crippen LogP contribution < -0.4 is 5.32 Å². The van der Waals surface area contributed by atoms with Crippen LogP contribution in [0.5, 0.6) is 0 Å². The first-order valence-corrected chi connectivity index (χ1v) is 7.03. The molecule has 1 fully saturated rings. The maximum Gasteiger partial charge on any atom is 0.338 e. The fraction of sp³-hybridized carbons (Fsp3) is 0.562. The molecule has 0 aliphatic carbocycles. The molecule has 0 amide bonds. The number of esters is 1. The van der Waals surface area contributed by atoms with Crippen LogP contribution in [-0.2, 0) is 11.2 Å². The third-order valence-electron chi connectivity index (χ3n) is 3.97. The summed E-state index contributed by atoms with van der Waals surface area (Å²) in [6, 6.07) is 4.64. The number of carbonyl (C=O) groups excluding carboxylic acids is 1. The second kappa shape index (κ2) is 6.20. The molecule has 104 valence electrons. The molecule has 0 radical (unpaired) electrons. The minimum atomic E-state index is -0.240. The van der Waals surface area contributed by atoms with Gasteiger partial charge in [-0.2, -0.15) is 0 Å². The number of benzene rings is 1. The van der Waals surface area contributed by atoms with E-state index in [0.29, 0.717) is 11.6 Å². The van der Waals surface area contributed by atoms with E-state index in [-0.39, 0.29) is 5.97 Å². The van der Waals surface area contributed by atoms with E-state index < -0.39 is 0 Å². The highest BCUT2D eigenvalue weighted by atomic mass is 16.5. The van der Waals surface area contributed by atoms with Crippen LogP contribution in [-0.4, -0.2) is 25.7 Å². The quantitative estimate of drug-likeness (QED) is 0.850. The lowest BCUT2D eigenvalue weighted by Gasteiger charge is -2.24. The SMILES string of the molecule is COC(=O)c1cc(CC2CCCCN2)c(C)cc1C. The minimum Gasteiger partial charge on any atom is -0.465 e. The Labute approximate surface area is 115 Å². The summed E-state index contributed by atoms with van der Waals surface area (Å²) in [5, 5.41) is 3.56. The minimum absolute atomic E-state index is 0.240.